The Kier molecular flexibility index (Phi) is 5.21. The largest absolute Gasteiger partial charge is 0.339 e. The van der Waals surface area contributed by atoms with Crippen molar-refractivity contribution in [3.63, 3.8) is 0 Å². The minimum atomic E-state index is 0.0261. The van der Waals surface area contributed by atoms with Crippen LogP contribution in [0.25, 0.3) is 0 Å². The van der Waals surface area contributed by atoms with Crippen molar-refractivity contribution >= 4 is 17.5 Å². The van der Waals surface area contributed by atoms with Gasteiger partial charge in [-0.1, -0.05) is 18.7 Å². The number of hydrogen-bond acceptors (Lipinski definition) is 4. The maximum atomic E-state index is 11.8. The lowest BCUT2D eigenvalue weighted by Crippen LogP contribution is -2.39. The lowest BCUT2D eigenvalue weighted by Gasteiger charge is -2.32. The lowest BCUT2D eigenvalue weighted by atomic mass is 9.93. The first-order valence-electron chi connectivity index (χ1n) is 8.30. The summed E-state index contributed by atoms with van der Waals surface area (Å²) in [5.41, 5.74) is 1.04. The van der Waals surface area contributed by atoms with Gasteiger partial charge >= 0.3 is 0 Å². The molecule has 2 aromatic rings. The maximum Gasteiger partial charge on any atom is 0.245 e. The van der Waals surface area contributed by atoms with Crippen LogP contribution in [0, 0.1) is 5.92 Å². The molecule has 1 fully saturated rings. The van der Waals surface area contributed by atoms with Crippen LogP contribution < -0.4 is 5.32 Å². The summed E-state index contributed by atoms with van der Waals surface area (Å²) >= 11 is 0. The molecule has 24 heavy (non-hydrogen) atoms. The highest BCUT2D eigenvalue weighted by Crippen LogP contribution is 2.21. The molecule has 0 radical (unpaired) electrons. The van der Waals surface area contributed by atoms with E-state index in [0.29, 0.717) is 5.92 Å². The van der Waals surface area contributed by atoms with Crippen LogP contribution in [0.1, 0.15) is 18.5 Å². The van der Waals surface area contributed by atoms with Crippen molar-refractivity contribution in [2.75, 3.05) is 18.4 Å². The van der Waals surface area contributed by atoms with Crippen molar-refractivity contribution < 1.29 is 4.79 Å². The fourth-order valence-corrected chi connectivity index (χ4v) is 3.09. The van der Waals surface area contributed by atoms with Crippen molar-refractivity contribution in [3.05, 3.63) is 60.9 Å². The van der Waals surface area contributed by atoms with Crippen LogP contribution in [0.15, 0.2) is 55.3 Å². The van der Waals surface area contributed by atoms with Crippen LogP contribution in [0.5, 0.6) is 0 Å². The molecule has 124 valence electrons. The van der Waals surface area contributed by atoms with Crippen LogP contribution in [0.2, 0.25) is 0 Å². The number of amides is 1. The number of carbonyl (C=O) groups excluding carboxylic acids is 1. The molecule has 5 nitrogen and oxygen atoms in total. The van der Waals surface area contributed by atoms with E-state index in [1.165, 1.54) is 6.08 Å². The molecule has 0 unspecified atom stereocenters. The topological polar surface area (TPSA) is 58.1 Å². The molecule has 1 atom stereocenters. The molecule has 3 rings (SSSR count). The number of nitrogens with one attached hydrogen (secondary N) is 1. The molecule has 2 aromatic heterocycles. The van der Waals surface area contributed by atoms with Gasteiger partial charge < -0.3 is 10.2 Å². The second-order valence-corrected chi connectivity index (χ2v) is 6.05. The monoisotopic (exact) mass is 322 g/mol. The molecule has 5 heteroatoms. The Morgan fingerprint density at radius 2 is 2.17 bits per heavy atom. The van der Waals surface area contributed by atoms with Gasteiger partial charge in [0.25, 0.3) is 0 Å². The highest BCUT2D eigenvalue weighted by molar-refractivity contribution is 5.87. The zero-order chi connectivity index (χ0) is 16.8. The summed E-state index contributed by atoms with van der Waals surface area (Å²) < 4.78 is 0. The molecule has 0 aromatic carbocycles. The van der Waals surface area contributed by atoms with E-state index >= 15 is 0 Å². The molecule has 0 aliphatic carbocycles. The Morgan fingerprint density at radius 3 is 2.96 bits per heavy atom. The van der Waals surface area contributed by atoms with E-state index < -0.39 is 0 Å². The molecule has 0 bridgehead atoms. The Labute approximate surface area is 142 Å². The summed E-state index contributed by atoms with van der Waals surface area (Å²) in [4.78, 5) is 22.6. The van der Waals surface area contributed by atoms with E-state index in [4.69, 9.17) is 0 Å². The Morgan fingerprint density at radius 1 is 1.29 bits per heavy atom. The number of anilines is 2. The van der Waals surface area contributed by atoms with Crippen molar-refractivity contribution in [1.29, 1.82) is 0 Å². The number of rotatable bonds is 5. The molecule has 0 spiro atoms. The van der Waals surface area contributed by atoms with E-state index in [2.05, 4.69) is 21.9 Å². The molecule has 3 heterocycles. The third kappa shape index (κ3) is 4.19. The average molecular weight is 322 g/mol. The van der Waals surface area contributed by atoms with Crippen molar-refractivity contribution in [1.82, 2.24) is 14.9 Å². The zero-order valence-electron chi connectivity index (χ0n) is 13.7. The molecule has 1 aliphatic heterocycles. The number of likely N-dealkylation sites (tertiary alicyclic amines) is 1. The summed E-state index contributed by atoms with van der Waals surface area (Å²) in [5, 5.41) is 3.22. The van der Waals surface area contributed by atoms with Crippen LogP contribution in [-0.2, 0) is 11.2 Å². The summed E-state index contributed by atoms with van der Waals surface area (Å²) in [6.07, 6.45) is 6.19. The summed E-state index contributed by atoms with van der Waals surface area (Å²) in [7, 11) is 0. The Hall–Kier alpha value is -2.69. The van der Waals surface area contributed by atoms with Gasteiger partial charge in [-0.05, 0) is 55.5 Å². The molecule has 1 amide bonds. The second-order valence-electron chi connectivity index (χ2n) is 6.05. The van der Waals surface area contributed by atoms with Gasteiger partial charge in [0.05, 0.1) is 0 Å². The minimum absolute atomic E-state index is 0.0261. The van der Waals surface area contributed by atoms with E-state index in [1.807, 2.05) is 41.3 Å². The SMILES string of the molecule is C=CC(=O)N1CCC[C@H](Cc2cccc(Nc3ccccn3)n2)C1. The average Bonchev–Trinajstić information content (AvgIpc) is 2.62. The maximum absolute atomic E-state index is 11.8. The molecule has 1 saturated heterocycles. The lowest BCUT2D eigenvalue weighted by molar-refractivity contribution is -0.127. The second kappa shape index (κ2) is 7.73. The fraction of sp³-hybridized carbons (Fsp3) is 0.316. The van der Waals surface area contributed by atoms with Gasteiger partial charge in [-0.25, -0.2) is 9.97 Å². The number of carbonyl (C=O) groups is 1. The van der Waals surface area contributed by atoms with Crippen LogP contribution in [-0.4, -0.2) is 33.9 Å². The standard InChI is InChI=1S/C19H22N4O/c1-2-19(24)23-12-6-7-15(14-23)13-16-8-5-10-18(21-16)22-17-9-3-4-11-20-17/h2-5,8-11,15H,1,6-7,12-14H2,(H,20,21,22)/t15-/m1/s1. The first-order chi connectivity index (χ1) is 11.7. The van der Waals surface area contributed by atoms with Crippen molar-refractivity contribution in [2.45, 2.75) is 19.3 Å². The number of pyridine rings is 2. The zero-order valence-corrected chi connectivity index (χ0v) is 13.7. The third-order valence-electron chi connectivity index (χ3n) is 4.23. The molecule has 0 saturated carbocycles. The quantitative estimate of drug-likeness (QED) is 0.859. The van der Waals surface area contributed by atoms with E-state index in [1.54, 1.807) is 6.20 Å². The number of hydrogen-bond donors (Lipinski definition) is 1. The highest BCUT2D eigenvalue weighted by atomic mass is 16.2. The molecule has 1 N–H and O–H groups in total. The number of aromatic nitrogens is 2. The molecule has 1 aliphatic rings. The summed E-state index contributed by atoms with van der Waals surface area (Å²) in [5.74, 6) is 2.04. The van der Waals surface area contributed by atoms with Gasteiger partial charge in [-0.2, -0.15) is 0 Å². The van der Waals surface area contributed by atoms with E-state index in [9.17, 15) is 4.79 Å². The first-order valence-corrected chi connectivity index (χ1v) is 8.30. The molecular formula is C19H22N4O. The van der Waals surface area contributed by atoms with Crippen molar-refractivity contribution in [2.24, 2.45) is 5.92 Å². The van der Waals surface area contributed by atoms with Crippen LogP contribution in [0.4, 0.5) is 11.6 Å². The predicted octanol–water partition coefficient (Wildman–Crippen LogP) is 3.19. The van der Waals surface area contributed by atoms with E-state index in [-0.39, 0.29) is 5.91 Å². The van der Waals surface area contributed by atoms with Gasteiger partial charge in [-0.15, -0.1) is 0 Å². The smallest absolute Gasteiger partial charge is 0.245 e. The fourth-order valence-electron chi connectivity index (χ4n) is 3.09. The number of piperidine rings is 1. The molecular weight excluding hydrogens is 300 g/mol. The number of nitrogens with zero attached hydrogens (tertiary/aromatic N) is 3. The van der Waals surface area contributed by atoms with Gasteiger partial charge in [0.15, 0.2) is 0 Å². The summed E-state index contributed by atoms with van der Waals surface area (Å²) in [6.45, 7) is 5.19. The summed E-state index contributed by atoms with van der Waals surface area (Å²) in [6, 6.07) is 11.7. The van der Waals surface area contributed by atoms with Gasteiger partial charge in [0, 0.05) is 25.0 Å². The van der Waals surface area contributed by atoms with Gasteiger partial charge in [0.1, 0.15) is 11.6 Å². The van der Waals surface area contributed by atoms with E-state index in [0.717, 1.165) is 49.7 Å². The van der Waals surface area contributed by atoms with Crippen LogP contribution in [0.3, 0.4) is 0 Å². The highest BCUT2D eigenvalue weighted by Gasteiger charge is 2.22. The van der Waals surface area contributed by atoms with Crippen LogP contribution >= 0.6 is 0 Å². The van der Waals surface area contributed by atoms with Gasteiger partial charge in [0.2, 0.25) is 5.91 Å². The normalized spacial score (nSPS) is 17.3. The predicted molar refractivity (Wildman–Crippen MR) is 95.0 cm³/mol. The Balaban J connectivity index is 1.64. The Bertz CT molecular complexity index is 702. The van der Waals surface area contributed by atoms with Crippen molar-refractivity contribution in [3.8, 4) is 0 Å². The first kappa shape index (κ1) is 16.2. The van der Waals surface area contributed by atoms with Gasteiger partial charge in [-0.3, -0.25) is 4.79 Å². The third-order valence-corrected chi connectivity index (χ3v) is 4.23. The minimum Gasteiger partial charge on any atom is -0.339 e.